The number of ketones is 1. The van der Waals surface area contributed by atoms with Gasteiger partial charge in [-0.05, 0) is 80.6 Å². The fourth-order valence-electron chi connectivity index (χ4n) is 7.15. The van der Waals surface area contributed by atoms with Crippen molar-refractivity contribution in [2.45, 2.75) is 84.2 Å². The van der Waals surface area contributed by atoms with Crippen molar-refractivity contribution >= 4 is 5.78 Å². The number of carbonyl (C=O) groups is 1. The van der Waals surface area contributed by atoms with Crippen LogP contribution in [0.15, 0.2) is 11.6 Å². The number of unbranched alkanes of at least 4 members (excludes halogenated alkanes) is 1. The third-order valence-electron chi connectivity index (χ3n) is 8.46. The predicted octanol–water partition coefficient (Wildman–Crippen LogP) is 4.91. The highest BCUT2D eigenvalue weighted by atomic mass is 16.3. The first-order valence-electron chi connectivity index (χ1n) is 10.9. The van der Waals surface area contributed by atoms with Crippen LogP contribution in [0.4, 0.5) is 0 Å². The molecular weight excluding hydrogens is 320 g/mol. The first kappa shape index (κ1) is 18.3. The second-order valence-corrected chi connectivity index (χ2v) is 9.77. The lowest BCUT2D eigenvalue weighted by Gasteiger charge is -2.56. The number of carbonyl (C=O) groups excluding carboxylic acids is 1. The van der Waals surface area contributed by atoms with Crippen molar-refractivity contribution in [1.29, 1.82) is 0 Å². The SMILES string of the molecule is CCCC#C[C@]1(O)CCC2C3C(CC[C@@]21C)C1CCC(=O)C=C1C[C@H]3C. The summed E-state index contributed by atoms with van der Waals surface area (Å²) in [6.45, 7) is 6.86. The fourth-order valence-corrected chi connectivity index (χ4v) is 7.15. The molecule has 3 fully saturated rings. The van der Waals surface area contributed by atoms with Crippen LogP contribution in [-0.4, -0.2) is 16.5 Å². The van der Waals surface area contributed by atoms with Crippen molar-refractivity contribution in [2.24, 2.45) is 35.0 Å². The van der Waals surface area contributed by atoms with Gasteiger partial charge in [-0.25, -0.2) is 0 Å². The maximum Gasteiger partial charge on any atom is 0.155 e. The molecule has 0 spiro atoms. The number of aliphatic hydroxyl groups is 1. The summed E-state index contributed by atoms with van der Waals surface area (Å²) in [4.78, 5) is 11.9. The molecule has 0 heterocycles. The summed E-state index contributed by atoms with van der Waals surface area (Å²) in [5.41, 5.74) is 0.583. The van der Waals surface area contributed by atoms with E-state index in [1.54, 1.807) is 0 Å². The van der Waals surface area contributed by atoms with Gasteiger partial charge >= 0.3 is 0 Å². The van der Waals surface area contributed by atoms with Crippen LogP contribution in [0.25, 0.3) is 0 Å². The molecule has 0 bridgehead atoms. The first-order chi connectivity index (χ1) is 12.4. The Bertz CT molecular complexity index is 680. The summed E-state index contributed by atoms with van der Waals surface area (Å²) in [6, 6.07) is 0. The van der Waals surface area contributed by atoms with Gasteiger partial charge in [0, 0.05) is 18.3 Å². The quantitative estimate of drug-likeness (QED) is 0.679. The standard InChI is InChI=1S/C24H34O2/c1-4-5-6-11-24(26)13-10-21-22-16(2)14-17-15-18(25)7-8-19(17)20(22)9-12-23(21,24)3/h15-16,19-22,26H,4-5,7-10,12-14H2,1-3H3/t16-,19?,20?,21?,22?,23+,24+/m1/s1. The Morgan fingerprint density at radius 2 is 2.08 bits per heavy atom. The summed E-state index contributed by atoms with van der Waals surface area (Å²) < 4.78 is 0. The van der Waals surface area contributed by atoms with Crippen LogP contribution in [0.1, 0.15) is 78.6 Å². The molecule has 0 amide bonds. The second-order valence-electron chi connectivity index (χ2n) is 9.77. The monoisotopic (exact) mass is 354 g/mol. The van der Waals surface area contributed by atoms with Gasteiger partial charge in [0.1, 0.15) is 5.60 Å². The molecule has 2 nitrogen and oxygen atoms in total. The Hall–Kier alpha value is -1.07. The average molecular weight is 355 g/mol. The molecular formula is C24H34O2. The maximum atomic E-state index is 11.9. The van der Waals surface area contributed by atoms with Crippen LogP contribution in [0.3, 0.4) is 0 Å². The van der Waals surface area contributed by atoms with Gasteiger partial charge in [0.25, 0.3) is 0 Å². The van der Waals surface area contributed by atoms with E-state index >= 15 is 0 Å². The van der Waals surface area contributed by atoms with E-state index in [0.29, 0.717) is 35.4 Å². The smallest absolute Gasteiger partial charge is 0.155 e. The van der Waals surface area contributed by atoms with E-state index < -0.39 is 5.60 Å². The highest BCUT2D eigenvalue weighted by Crippen LogP contribution is 2.65. The molecule has 0 radical (unpaired) electrons. The highest BCUT2D eigenvalue weighted by Gasteiger charge is 2.63. The topological polar surface area (TPSA) is 37.3 Å². The van der Waals surface area contributed by atoms with E-state index in [1.165, 1.54) is 12.0 Å². The third kappa shape index (κ3) is 2.62. The maximum absolute atomic E-state index is 11.9. The lowest BCUT2D eigenvalue weighted by Crippen LogP contribution is -2.54. The molecule has 0 aromatic heterocycles. The first-order valence-corrected chi connectivity index (χ1v) is 10.9. The van der Waals surface area contributed by atoms with Crippen molar-refractivity contribution in [3.63, 3.8) is 0 Å². The summed E-state index contributed by atoms with van der Waals surface area (Å²) in [7, 11) is 0. The fraction of sp³-hybridized carbons (Fsp3) is 0.792. The lowest BCUT2D eigenvalue weighted by atomic mass is 9.48. The molecule has 0 saturated heterocycles. The van der Waals surface area contributed by atoms with E-state index in [0.717, 1.165) is 51.4 Å². The highest BCUT2D eigenvalue weighted by molar-refractivity contribution is 5.91. The Kier molecular flexibility index (Phi) is 4.59. The molecule has 26 heavy (non-hydrogen) atoms. The van der Waals surface area contributed by atoms with Gasteiger partial charge in [0.05, 0.1) is 0 Å². The van der Waals surface area contributed by atoms with E-state index in [1.807, 2.05) is 6.08 Å². The predicted molar refractivity (Wildman–Crippen MR) is 104 cm³/mol. The van der Waals surface area contributed by atoms with Gasteiger partial charge in [0.2, 0.25) is 0 Å². The lowest BCUT2D eigenvalue weighted by molar-refractivity contribution is -0.117. The molecule has 4 unspecified atom stereocenters. The average Bonchev–Trinajstić information content (AvgIpc) is 2.86. The van der Waals surface area contributed by atoms with E-state index in [9.17, 15) is 9.90 Å². The molecule has 4 aliphatic rings. The minimum atomic E-state index is -0.795. The molecule has 0 aromatic rings. The van der Waals surface area contributed by atoms with Gasteiger partial charge in [0.15, 0.2) is 5.78 Å². The summed E-state index contributed by atoms with van der Waals surface area (Å²) in [5, 5.41) is 11.5. The van der Waals surface area contributed by atoms with Crippen molar-refractivity contribution < 1.29 is 9.90 Å². The number of allylic oxidation sites excluding steroid dienone is 1. The Labute approximate surface area is 158 Å². The van der Waals surface area contributed by atoms with Gasteiger partial charge in [-0.2, -0.15) is 0 Å². The molecule has 0 aliphatic heterocycles. The van der Waals surface area contributed by atoms with Crippen molar-refractivity contribution in [2.75, 3.05) is 0 Å². The summed E-state index contributed by atoms with van der Waals surface area (Å²) in [6.07, 6.45) is 11.0. The van der Waals surface area contributed by atoms with Crippen molar-refractivity contribution in [3.05, 3.63) is 11.6 Å². The van der Waals surface area contributed by atoms with Gasteiger partial charge in [-0.3, -0.25) is 4.79 Å². The van der Waals surface area contributed by atoms with Crippen LogP contribution >= 0.6 is 0 Å². The third-order valence-corrected chi connectivity index (χ3v) is 8.46. The molecule has 4 aliphatic carbocycles. The molecule has 3 saturated carbocycles. The van der Waals surface area contributed by atoms with E-state index in [-0.39, 0.29) is 5.41 Å². The van der Waals surface area contributed by atoms with Crippen LogP contribution in [0, 0.1) is 46.8 Å². The normalized spacial score (nSPS) is 47.2. The molecule has 1 N–H and O–H groups in total. The summed E-state index contributed by atoms with van der Waals surface area (Å²) in [5.74, 6) is 10.1. The number of rotatable bonds is 1. The molecule has 4 rings (SSSR count). The minimum absolute atomic E-state index is 0.0606. The van der Waals surface area contributed by atoms with Gasteiger partial charge in [-0.15, -0.1) is 5.92 Å². The Morgan fingerprint density at radius 1 is 1.27 bits per heavy atom. The largest absolute Gasteiger partial charge is 0.377 e. The Balaban J connectivity index is 1.64. The zero-order valence-electron chi connectivity index (χ0n) is 16.7. The molecule has 2 heteroatoms. The molecule has 7 atom stereocenters. The van der Waals surface area contributed by atoms with Gasteiger partial charge < -0.3 is 5.11 Å². The van der Waals surface area contributed by atoms with Gasteiger partial charge in [-0.1, -0.05) is 32.3 Å². The summed E-state index contributed by atoms with van der Waals surface area (Å²) >= 11 is 0. The molecule has 142 valence electrons. The second kappa shape index (κ2) is 6.52. The van der Waals surface area contributed by atoms with Crippen molar-refractivity contribution in [3.8, 4) is 11.8 Å². The number of hydrogen-bond acceptors (Lipinski definition) is 2. The Morgan fingerprint density at radius 3 is 2.85 bits per heavy atom. The van der Waals surface area contributed by atoms with E-state index in [2.05, 4.69) is 32.6 Å². The van der Waals surface area contributed by atoms with Crippen LogP contribution in [-0.2, 0) is 4.79 Å². The zero-order chi connectivity index (χ0) is 18.5. The van der Waals surface area contributed by atoms with Crippen molar-refractivity contribution in [1.82, 2.24) is 0 Å². The van der Waals surface area contributed by atoms with Crippen LogP contribution in [0.2, 0.25) is 0 Å². The van der Waals surface area contributed by atoms with E-state index in [4.69, 9.17) is 0 Å². The number of hydrogen-bond donors (Lipinski definition) is 1. The number of fused-ring (bicyclic) bond motifs is 5. The van der Waals surface area contributed by atoms with Crippen LogP contribution < -0.4 is 0 Å². The zero-order valence-corrected chi connectivity index (χ0v) is 16.7. The molecule has 0 aromatic carbocycles. The van der Waals surface area contributed by atoms with Crippen LogP contribution in [0.5, 0.6) is 0 Å². The minimum Gasteiger partial charge on any atom is -0.377 e.